The highest BCUT2D eigenvalue weighted by atomic mass is 16.5. The highest BCUT2D eigenvalue weighted by Gasteiger charge is 2.16. The first-order valence-corrected chi connectivity index (χ1v) is 5.34. The number of fused-ring (bicyclic) bond motifs is 1. The van der Waals surface area contributed by atoms with E-state index in [4.69, 9.17) is 10.5 Å². The summed E-state index contributed by atoms with van der Waals surface area (Å²) in [7, 11) is 0. The Morgan fingerprint density at radius 2 is 2.29 bits per heavy atom. The van der Waals surface area contributed by atoms with E-state index in [0.717, 1.165) is 0 Å². The van der Waals surface area contributed by atoms with Crippen LogP contribution in [0.1, 0.15) is 30.0 Å². The van der Waals surface area contributed by atoms with Gasteiger partial charge in [-0.3, -0.25) is 0 Å². The van der Waals surface area contributed by atoms with Crippen LogP contribution < -0.4 is 5.73 Å². The van der Waals surface area contributed by atoms with E-state index in [1.54, 1.807) is 6.92 Å². The standard InChI is InChI=1S/C10H13N5O2/c1-3-7-13-10-12-5-6(9(16)17-4-2)8(11)15(10)14-7/h5H,3-4,11H2,1-2H3. The van der Waals surface area contributed by atoms with Gasteiger partial charge in [0.25, 0.3) is 5.78 Å². The minimum Gasteiger partial charge on any atom is -0.462 e. The Morgan fingerprint density at radius 1 is 1.53 bits per heavy atom. The van der Waals surface area contributed by atoms with E-state index in [1.165, 1.54) is 10.7 Å². The number of nitrogens with zero attached hydrogens (tertiary/aromatic N) is 4. The molecule has 2 N–H and O–H groups in total. The van der Waals surface area contributed by atoms with Crippen molar-refractivity contribution in [2.45, 2.75) is 20.3 Å². The SMILES string of the molecule is CCOC(=O)c1cnc2nc(CC)nn2c1N. The maximum absolute atomic E-state index is 11.6. The molecule has 2 heterocycles. The third-order valence-electron chi connectivity index (χ3n) is 2.26. The van der Waals surface area contributed by atoms with Crippen molar-refractivity contribution in [1.29, 1.82) is 0 Å². The summed E-state index contributed by atoms with van der Waals surface area (Å²) in [5.41, 5.74) is 6.04. The number of carbonyl (C=O) groups is 1. The van der Waals surface area contributed by atoms with Gasteiger partial charge in [0, 0.05) is 12.6 Å². The van der Waals surface area contributed by atoms with Gasteiger partial charge in [0.15, 0.2) is 5.82 Å². The fraction of sp³-hybridized carbons (Fsp3) is 0.400. The van der Waals surface area contributed by atoms with Crippen LogP contribution in [0.3, 0.4) is 0 Å². The monoisotopic (exact) mass is 235 g/mol. The number of nitrogen functional groups attached to an aromatic ring is 1. The average molecular weight is 235 g/mol. The van der Waals surface area contributed by atoms with Crippen LogP contribution in [0.15, 0.2) is 6.20 Å². The molecular formula is C10H13N5O2. The molecular weight excluding hydrogens is 222 g/mol. The molecule has 0 atom stereocenters. The highest BCUT2D eigenvalue weighted by Crippen LogP contribution is 2.13. The van der Waals surface area contributed by atoms with E-state index in [9.17, 15) is 4.79 Å². The average Bonchev–Trinajstić information content (AvgIpc) is 2.73. The van der Waals surface area contributed by atoms with Crippen molar-refractivity contribution in [3.05, 3.63) is 17.6 Å². The molecule has 0 spiro atoms. The number of hydrogen-bond donors (Lipinski definition) is 1. The van der Waals surface area contributed by atoms with Crippen LogP contribution in [0.4, 0.5) is 5.82 Å². The van der Waals surface area contributed by atoms with Crippen molar-refractivity contribution >= 4 is 17.6 Å². The van der Waals surface area contributed by atoms with Gasteiger partial charge in [-0.1, -0.05) is 6.92 Å². The molecule has 0 radical (unpaired) electrons. The minimum absolute atomic E-state index is 0.195. The molecule has 0 unspecified atom stereocenters. The molecule has 0 aromatic carbocycles. The molecule has 0 aliphatic heterocycles. The van der Waals surface area contributed by atoms with E-state index in [0.29, 0.717) is 18.0 Å². The fourth-order valence-electron chi connectivity index (χ4n) is 1.41. The van der Waals surface area contributed by atoms with E-state index in [1.807, 2.05) is 6.92 Å². The quantitative estimate of drug-likeness (QED) is 0.776. The lowest BCUT2D eigenvalue weighted by Crippen LogP contribution is -2.12. The van der Waals surface area contributed by atoms with Crippen LogP contribution in [0.5, 0.6) is 0 Å². The smallest absolute Gasteiger partial charge is 0.343 e. The summed E-state index contributed by atoms with van der Waals surface area (Å²) in [6.45, 7) is 3.94. The second-order valence-electron chi connectivity index (χ2n) is 3.37. The Bertz CT molecular complexity index is 563. The van der Waals surface area contributed by atoms with Gasteiger partial charge in [-0.05, 0) is 6.92 Å². The van der Waals surface area contributed by atoms with Gasteiger partial charge < -0.3 is 10.5 Å². The Morgan fingerprint density at radius 3 is 2.94 bits per heavy atom. The summed E-state index contributed by atoms with van der Waals surface area (Å²) in [6.07, 6.45) is 2.04. The van der Waals surface area contributed by atoms with E-state index < -0.39 is 5.97 Å². The van der Waals surface area contributed by atoms with Crippen LogP contribution in [-0.4, -0.2) is 32.2 Å². The number of nitrogens with two attached hydrogens (primary N) is 1. The van der Waals surface area contributed by atoms with Gasteiger partial charge in [0.2, 0.25) is 0 Å². The fourth-order valence-corrected chi connectivity index (χ4v) is 1.41. The molecule has 7 heteroatoms. The van der Waals surface area contributed by atoms with Crippen molar-refractivity contribution in [3.8, 4) is 0 Å². The minimum atomic E-state index is -0.507. The first-order chi connectivity index (χ1) is 8.17. The van der Waals surface area contributed by atoms with Crippen LogP contribution >= 0.6 is 0 Å². The Kier molecular flexibility index (Phi) is 2.90. The number of aromatic nitrogens is 4. The van der Waals surface area contributed by atoms with Crippen molar-refractivity contribution in [3.63, 3.8) is 0 Å². The van der Waals surface area contributed by atoms with E-state index in [2.05, 4.69) is 15.1 Å². The molecule has 7 nitrogen and oxygen atoms in total. The zero-order chi connectivity index (χ0) is 12.4. The molecule has 17 heavy (non-hydrogen) atoms. The molecule has 0 saturated heterocycles. The van der Waals surface area contributed by atoms with E-state index >= 15 is 0 Å². The van der Waals surface area contributed by atoms with E-state index in [-0.39, 0.29) is 18.0 Å². The molecule has 2 aromatic heterocycles. The van der Waals surface area contributed by atoms with Crippen LogP contribution in [0, 0.1) is 0 Å². The normalized spacial score (nSPS) is 10.7. The third-order valence-corrected chi connectivity index (χ3v) is 2.26. The molecule has 0 aliphatic rings. The summed E-state index contributed by atoms with van der Waals surface area (Å²) in [6, 6.07) is 0. The van der Waals surface area contributed by atoms with Crippen molar-refractivity contribution in [2.24, 2.45) is 0 Å². The van der Waals surface area contributed by atoms with Crippen molar-refractivity contribution < 1.29 is 9.53 Å². The molecule has 0 bridgehead atoms. The lowest BCUT2D eigenvalue weighted by Gasteiger charge is -2.04. The van der Waals surface area contributed by atoms with Crippen molar-refractivity contribution in [2.75, 3.05) is 12.3 Å². The van der Waals surface area contributed by atoms with Gasteiger partial charge >= 0.3 is 5.97 Å². The summed E-state index contributed by atoms with van der Waals surface area (Å²) in [4.78, 5) is 19.8. The number of carbonyl (C=O) groups excluding carboxylic acids is 1. The molecule has 2 rings (SSSR count). The lowest BCUT2D eigenvalue weighted by molar-refractivity contribution is 0.0526. The zero-order valence-electron chi connectivity index (χ0n) is 9.67. The number of anilines is 1. The number of ether oxygens (including phenoxy) is 1. The molecule has 0 fully saturated rings. The maximum atomic E-state index is 11.6. The van der Waals surface area contributed by atoms with Gasteiger partial charge in [-0.15, -0.1) is 5.10 Å². The molecule has 2 aromatic rings. The number of esters is 1. The van der Waals surface area contributed by atoms with Crippen molar-refractivity contribution in [1.82, 2.24) is 19.6 Å². The lowest BCUT2D eigenvalue weighted by atomic mass is 10.3. The Labute approximate surface area is 97.6 Å². The number of rotatable bonds is 3. The van der Waals surface area contributed by atoms with Crippen LogP contribution in [-0.2, 0) is 11.2 Å². The summed E-state index contributed by atoms with van der Waals surface area (Å²) in [5.74, 6) is 0.700. The van der Waals surface area contributed by atoms with Crippen LogP contribution in [0.2, 0.25) is 0 Å². The summed E-state index contributed by atoms with van der Waals surface area (Å²) < 4.78 is 6.22. The second-order valence-corrected chi connectivity index (χ2v) is 3.37. The first-order valence-electron chi connectivity index (χ1n) is 5.34. The second kappa shape index (κ2) is 4.36. The predicted octanol–water partition coefficient (Wildman–Crippen LogP) is 0.446. The topological polar surface area (TPSA) is 95.4 Å². The summed E-state index contributed by atoms with van der Waals surface area (Å²) in [5, 5.41) is 4.14. The number of aryl methyl sites for hydroxylation is 1. The molecule has 0 saturated carbocycles. The highest BCUT2D eigenvalue weighted by molar-refractivity contribution is 5.94. The molecule has 0 aliphatic carbocycles. The maximum Gasteiger partial charge on any atom is 0.343 e. The van der Waals surface area contributed by atoms with Gasteiger partial charge in [0.05, 0.1) is 6.61 Å². The van der Waals surface area contributed by atoms with Crippen LogP contribution in [0.25, 0.3) is 5.78 Å². The molecule has 0 amide bonds. The first kappa shape index (κ1) is 11.3. The summed E-state index contributed by atoms with van der Waals surface area (Å²) >= 11 is 0. The predicted molar refractivity (Wildman–Crippen MR) is 60.5 cm³/mol. The zero-order valence-corrected chi connectivity index (χ0v) is 9.67. The largest absolute Gasteiger partial charge is 0.462 e. The third kappa shape index (κ3) is 1.91. The molecule has 90 valence electrons. The Balaban J connectivity index is 2.52. The Hall–Kier alpha value is -2.18. The van der Waals surface area contributed by atoms with Gasteiger partial charge in [0.1, 0.15) is 11.4 Å². The van der Waals surface area contributed by atoms with Gasteiger partial charge in [-0.25, -0.2) is 9.78 Å². The number of hydrogen-bond acceptors (Lipinski definition) is 6. The van der Waals surface area contributed by atoms with Gasteiger partial charge in [-0.2, -0.15) is 9.50 Å².